The third kappa shape index (κ3) is 20.7. The van der Waals surface area contributed by atoms with Gasteiger partial charge in [0.25, 0.3) is 5.91 Å². The van der Waals surface area contributed by atoms with Gasteiger partial charge in [-0.3, -0.25) is 33.3 Å². The highest BCUT2D eigenvalue weighted by molar-refractivity contribution is 5.92. The van der Waals surface area contributed by atoms with E-state index in [0.29, 0.717) is 51.0 Å². The molecule has 1 saturated heterocycles. The number of benzene rings is 4. The Morgan fingerprint density at radius 3 is 1.79 bits per heavy atom. The molecule has 4 aromatic carbocycles. The number of unbranched alkanes of at least 4 members (excludes halogenated alkanes) is 12. The molecule has 4 amide bonds. The molecule has 98 heavy (non-hydrogen) atoms. The summed E-state index contributed by atoms with van der Waals surface area (Å²) in [4.78, 5) is 112. The molecule has 530 valence electrons. The van der Waals surface area contributed by atoms with Crippen LogP contribution >= 0.6 is 0 Å². The van der Waals surface area contributed by atoms with Gasteiger partial charge in [0.15, 0.2) is 6.61 Å². The highest BCUT2D eigenvalue weighted by Gasteiger charge is 2.52. The van der Waals surface area contributed by atoms with Crippen LogP contribution in [-0.4, -0.2) is 154 Å². The Labute approximate surface area is 574 Å². The van der Waals surface area contributed by atoms with Crippen LogP contribution in [0, 0.1) is 0 Å². The van der Waals surface area contributed by atoms with Crippen molar-refractivity contribution in [1.29, 1.82) is 0 Å². The predicted octanol–water partition coefficient (Wildman–Crippen LogP) is 8.46. The second kappa shape index (κ2) is 38.9. The van der Waals surface area contributed by atoms with Gasteiger partial charge >= 0.3 is 11.4 Å². The molecule has 3 aliphatic carbocycles. The third-order valence-corrected chi connectivity index (χ3v) is 19.1. The molecule has 2 heterocycles. The number of ether oxygens (including phenoxy) is 4. The number of likely N-dealkylation sites (N-methyl/N-ethyl adjacent to an activating group) is 1. The molecule has 8 N–H and O–H groups in total. The van der Waals surface area contributed by atoms with Crippen LogP contribution < -0.4 is 44.0 Å². The molecule has 5 aromatic rings. The average Bonchev–Trinajstić information content (AvgIpc) is 0.740. The van der Waals surface area contributed by atoms with E-state index >= 15 is 0 Å². The van der Waals surface area contributed by atoms with Gasteiger partial charge < -0.3 is 61.0 Å². The Morgan fingerprint density at radius 2 is 1.19 bits per heavy atom. The number of nitrogens with two attached hydrogens (primary N) is 3. The Hall–Kier alpha value is -8.09. The maximum Gasteiger partial charge on any atom is 0.422 e. The van der Waals surface area contributed by atoms with Crippen molar-refractivity contribution in [2.45, 2.75) is 171 Å². The lowest BCUT2D eigenvalue weighted by atomic mass is 9.51. The molecule has 4 aliphatic rings. The maximum atomic E-state index is 14.2. The van der Waals surface area contributed by atoms with Gasteiger partial charge in [0.05, 0.1) is 56.6 Å². The van der Waals surface area contributed by atoms with E-state index in [2.05, 4.69) is 69.2 Å². The topological polar surface area (TPSA) is 349 Å². The van der Waals surface area contributed by atoms with E-state index in [1.54, 1.807) is 7.05 Å². The summed E-state index contributed by atoms with van der Waals surface area (Å²) in [7, 11) is 3.03. The minimum atomic E-state index is -0.921. The van der Waals surface area contributed by atoms with Crippen molar-refractivity contribution >= 4 is 51.8 Å². The quantitative estimate of drug-likeness (QED) is 0.0106. The van der Waals surface area contributed by atoms with Crippen molar-refractivity contribution in [3.8, 4) is 5.75 Å². The SMILES string of the molecule is CN(CCOCCOCCOCCNC(=O)CCC12c3cc(CC(=O)CCCCCCCN)ccc3C(c3ccc(CC(=O)CCCCCCCN)cc31)c1ccc(NC(=O)CCCCCCCN)cc12)C(=O)[C@@H]1C[C@H](N=[N+]=[N-])CN1C(=O)COc1ccc2c(=O)oc(=O)n(C)c2c1. The van der Waals surface area contributed by atoms with E-state index in [0.717, 1.165) is 145 Å². The van der Waals surface area contributed by atoms with Crippen LogP contribution in [0.1, 0.15) is 185 Å². The number of aryl methyl sites for hydroxylation is 1. The van der Waals surface area contributed by atoms with Gasteiger partial charge in [-0.25, -0.2) is 9.59 Å². The van der Waals surface area contributed by atoms with Gasteiger partial charge in [-0.15, -0.1) is 0 Å². The van der Waals surface area contributed by atoms with Crippen molar-refractivity contribution in [2.24, 2.45) is 29.4 Å². The van der Waals surface area contributed by atoms with Gasteiger partial charge in [-0.1, -0.05) is 105 Å². The fourth-order valence-corrected chi connectivity index (χ4v) is 13.9. The number of carbonyl (C=O) groups is 6. The first-order valence-corrected chi connectivity index (χ1v) is 35.3. The summed E-state index contributed by atoms with van der Waals surface area (Å²) in [6.45, 7) is 3.40. The fourth-order valence-electron chi connectivity index (χ4n) is 13.9. The van der Waals surface area contributed by atoms with Crippen molar-refractivity contribution in [1.82, 2.24) is 19.7 Å². The van der Waals surface area contributed by atoms with Crippen LogP contribution in [0.25, 0.3) is 21.3 Å². The number of Topliss-reactive ketones (excluding diaryl/α,β-unsaturated/α-hetero) is 2. The molecular weight excluding hydrogens is 1250 g/mol. The van der Waals surface area contributed by atoms with Crippen LogP contribution in [0.4, 0.5) is 5.69 Å². The molecule has 1 aromatic heterocycles. The normalized spacial score (nSPS) is 16.5. The number of nitrogens with one attached hydrogen (secondary N) is 2. The zero-order valence-corrected chi connectivity index (χ0v) is 57.3. The molecule has 1 fully saturated rings. The lowest BCUT2D eigenvalue weighted by molar-refractivity contribution is -0.144. The van der Waals surface area contributed by atoms with Crippen molar-refractivity contribution in [3.63, 3.8) is 0 Å². The second-order valence-corrected chi connectivity index (χ2v) is 26.2. The summed E-state index contributed by atoms with van der Waals surface area (Å²) in [6.07, 6.45) is 17.1. The lowest BCUT2D eigenvalue weighted by Crippen LogP contribution is -2.48. The van der Waals surface area contributed by atoms with Crippen LogP contribution in [0.15, 0.2) is 91.9 Å². The van der Waals surface area contributed by atoms with E-state index in [-0.39, 0.29) is 137 Å². The number of nitrogens with zero attached hydrogens (tertiary/aromatic N) is 6. The van der Waals surface area contributed by atoms with Crippen LogP contribution in [0.5, 0.6) is 5.75 Å². The molecule has 0 saturated carbocycles. The lowest BCUT2D eigenvalue weighted by Gasteiger charge is -2.51. The summed E-state index contributed by atoms with van der Waals surface area (Å²) in [5.74, 6) is -1.58. The zero-order valence-electron chi connectivity index (χ0n) is 57.3. The van der Waals surface area contributed by atoms with E-state index in [4.69, 9.17) is 46.1 Å². The summed E-state index contributed by atoms with van der Waals surface area (Å²) in [5.41, 5.74) is 33.7. The van der Waals surface area contributed by atoms with Gasteiger partial charge in [0.1, 0.15) is 23.4 Å². The second-order valence-electron chi connectivity index (χ2n) is 26.2. The highest BCUT2D eigenvalue weighted by Crippen LogP contribution is 2.61. The monoisotopic (exact) mass is 1350 g/mol. The molecule has 0 radical (unpaired) electrons. The Kier molecular flexibility index (Phi) is 30.0. The number of likely N-dealkylation sites (tertiary alicyclic amines) is 1. The average molecular weight is 1350 g/mol. The van der Waals surface area contributed by atoms with E-state index < -0.39 is 41.4 Å². The van der Waals surface area contributed by atoms with E-state index in [9.17, 15) is 38.4 Å². The predicted molar refractivity (Wildman–Crippen MR) is 375 cm³/mol. The number of fused-ring (bicyclic) bond motifs is 1. The number of carbonyl (C=O) groups excluding carboxylic acids is 6. The van der Waals surface area contributed by atoms with Crippen molar-refractivity contribution in [3.05, 3.63) is 149 Å². The molecule has 0 spiro atoms. The Morgan fingerprint density at radius 1 is 0.653 bits per heavy atom. The molecule has 1 aliphatic heterocycles. The zero-order chi connectivity index (χ0) is 69.8. The molecular formula is C74H101N11O13. The van der Waals surface area contributed by atoms with Crippen LogP contribution in [0.2, 0.25) is 0 Å². The fraction of sp³-hybridized carbons (Fsp3) is 0.568. The molecule has 24 nitrogen and oxygen atoms in total. The van der Waals surface area contributed by atoms with Crippen LogP contribution in [-0.2, 0) is 68.3 Å². The highest BCUT2D eigenvalue weighted by atomic mass is 16.5. The van der Waals surface area contributed by atoms with Gasteiger partial charge in [-0.05, 0) is 145 Å². The number of rotatable bonds is 46. The smallest absolute Gasteiger partial charge is 0.422 e. The summed E-state index contributed by atoms with van der Waals surface area (Å²) in [5, 5.41) is 10.2. The number of hydrogen-bond acceptors (Lipinski definition) is 17. The standard InChI is InChI=1S/C74H101N11O13/c1-83(71(91)66-47-54(81-82-78)49-85(66)69(90)50-97-57-24-28-61-65(48-57)84(2)73(93)98-72(61)92)35-37-95-39-41-96-40-38-94-36-34-79-67(88)29-30-74-62-44-51(42-55(86)18-12-6-3-9-15-31-75)21-25-58(62)70(59-26-22-52(45-63(59)74)43-56(87)19-13-7-4-10-16-32-76)60-27-23-53(46-64(60)74)80-68(89)20-14-8-5-11-17-33-77/h21-28,44-46,48,54,66,70H,3-20,29-43,47,49-50,75-77H2,1-2H3,(H,79,88)(H,80,89)/t54-,66-,70?,74?/m0/s1. The maximum absolute atomic E-state index is 14.2. The largest absolute Gasteiger partial charge is 0.484 e. The van der Waals surface area contributed by atoms with Gasteiger partial charge in [0.2, 0.25) is 17.7 Å². The minimum Gasteiger partial charge on any atom is -0.484 e. The van der Waals surface area contributed by atoms with E-state index in [1.165, 1.54) is 35.0 Å². The number of azide groups is 1. The number of anilines is 1. The van der Waals surface area contributed by atoms with Crippen molar-refractivity contribution in [2.75, 3.05) is 97.9 Å². The minimum absolute atomic E-state index is 0.0103. The first kappa shape index (κ1) is 75.7. The number of aromatic nitrogens is 1. The van der Waals surface area contributed by atoms with Crippen molar-refractivity contribution < 1.29 is 52.1 Å². The molecule has 0 unspecified atom stereocenters. The number of hydrogen-bond donors (Lipinski definition) is 5. The first-order chi connectivity index (χ1) is 47.6. The third-order valence-electron chi connectivity index (χ3n) is 19.1. The Balaban J connectivity index is 0.856. The number of amides is 4. The van der Waals surface area contributed by atoms with Gasteiger partial charge in [0, 0.05) is 100 Å². The van der Waals surface area contributed by atoms with Gasteiger partial charge in [-0.2, -0.15) is 0 Å². The summed E-state index contributed by atoms with van der Waals surface area (Å²) < 4.78 is 29.0. The molecule has 9 rings (SSSR count). The Bertz CT molecular complexity index is 3500. The summed E-state index contributed by atoms with van der Waals surface area (Å²) in [6, 6.07) is 21.8. The summed E-state index contributed by atoms with van der Waals surface area (Å²) >= 11 is 0. The van der Waals surface area contributed by atoms with E-state index in [1.807, 2.05) is 6.07 Å². The van der Waals surface area contributed by atoms with Crippen LogP contribution in [0.3, 0.4) is 0 Å². The number of ketones is 2. The molecule has 2 bridgehead atoms. The molecule has 24 heteroatoms. The molecule has 2 atom stereocenters. The first-order valence-electron chi connectivity index (χ1n) is 35.3.